The summed E-state index contributed by atoms with van der Waals surface area (Å²) < 4.78 is 23.9. The van der Waals surface area contributed by atoms with Crippen LogP contribution < -0.4 is 0 Å². The van der Waals surface area contributed by atoms with E-state index in [1.54, 1.807) is 24.0 Å². The summed E-state index contributed by atoms with van der Waals surface area (Å²) in [6, 6.07) is 6.16. The van der Waals surface area contributed by atoms with Crippen molar-refractivity contribution in [3.05, 3.63) is 41.5 Å². The van der Waals surface area contributed by atoms with Gasteiger partial charge in [0.1, 0.15) is 11.9 Å². The van der Waals surface area contributed by atoms with E-state index in [9.17, 15) is 9.18 Å². The number of aromatic nitrogens is 2. The predicted octanol–water partition coefficient (Wildman–Crippen LogP) is 2.21. The van der Waals surface area contributed by atoms with E-state index in [1.165, 1.54) is 23.9 Å². The Morgan fingerprint density at radius 1 is 1.39 bits per heavy atom. The van der Waals surface area contributed by atoms with Gasteiger partial charge in [0.2, 0.25) is 11.8 Å². The van der Waals surface area contributed by atoms with Crippen molar-refractivity contribution in [3.8, 4) is 0 Å². The Labute approximate surface area is 137 Å². The minimum absolute atomic E-state index is 0.0127. The molecule has 1 atom stereocenters. The zero-order valence-electron chi connectivity index (χ0n) is 12.6. The molecule has 1 unspecified atom stereocenters. The SMILES string of the molecule is Cc1nnc(SCC(=O)N2CCOC(c3ccc(F)cc3)C2)o1. The third-order valence-corrected chi connectivity index (χ3v) is 4.29. The summed E-state index contributed by atoms with van der Waals surface area (Å²) in [6.45, 7) is 3.15. The topological polar surface area (TPSA) is 68.5 Å². The average Bonchev–Trinajstić information content (AvgIpc) is 2.99. The van der Waals surface area contributed by atoms with Crippen LogP contribution in [0.3, 0.4) is 0 Å². The van der Waals surface area contributed by atoms with Crippen molar-refractivity contribution in [2.45, 2.75) is 18.3 Å². The summed E-state index contributed by atoms with van der Waals surface area (Å²) in [5, 5.41) is 7.96. The molecule has 6 nitrogen and oxygen atoms in total. The van der Waals surface area contributed by atoms with Crippen LogP contribution in [0.25, 0.3) is 0 Å². The highest BCUT2D eigenvalue weighted by atomic mass is 32.2. The zero-order chi connectivity index (χ0) is 16.2. The Kier molecular flexibility index (Phi) is 4.92. The minimum Gasteiger partial charge on any atom is -0.416 e. The number of hydrogen-bond donors (Lipinski definition) is 0. The number of nitrogens with zero attached hydrogens (tertiary/aromatic N) is 3. The number of carbonyl (C=O) groups is 1. The van der Waals surface area contributed by atoms with Gasteiger partial charge in [0.05, 0.1) is 18.9 Å². The first-order valence-electron chi connectivity index (χ1n) is 7.19. The fraction of sp³-hybridized carbons (Fsp3) is 0.400. The molecule has 23 heavy (non-hydrogen) atoms. The summed E-state index contributed by atoms with van der Waals surface area (Å²) in [5.74, 6) is 0.408. The lowest BCUT2D eigenvalue weighted by Gasteiger charge is -2.33. The zero-order valence-corrected chi connectivity index (χ0v) is 13.4. The number of amides is 1. The molecule has 1 amide bonds. The standard InChI is InChI=1S/C15H16FN3O3S/c1-10-17-18-15(22-10)23-9-14(20)19-6-7-21-13(8-19)11-2-4-12(16)5-3-11/h2-5,13H,6-9H2,1H3. The van der Waals surface area contributed by atoms with Crippen LogP contribution in [-0.2, 0) is 9.53 Å². The molecule has 3 rings (SSSR count). The van der Waals surface area contributed by atoms with Gasteiger partial charge < -0.3 is 14.1 Å². The Bertz CT molecular complexity index is 677. The van der Waals surface area contributed by atoms with Gasteiger partial charge in [-0.25, -0.2) is 4.39 Å². The number of ether oxygens (including phenoxy) is 1. The van der Waals surface area contributed by atoms with Crippen LogP contribution in [0.4, 0.5) is 4.39 Å². The van der Waals surface area contributed by atoms with Crippen molar-refractivity contribution < 1.29 is 18.3 Å². The summed E-state index contributed by atoms with van der Waals surface area (Å²) in [5.41, 5.74) is 0.865. The second-order valence-corrected chi connectivity index (χ2v) is 6.05. The second-order valence-electron chi connectivity index (χ2n) is 5.13. The van der Waals surface area contributed by atoms with E-state index in [2.05, 4.69) is 10.2 Å². The third-order valence-electron chi connectivity index (χ3n) is 3.49. The molecule has 8 heteroatoms. The molecule has 122 valence electrons. The molecular weight excluding hydrogens is 321 g/mol. The van der Waals surface area contributed by atoms with Gasteiger partial charge in [-0.1, -0.05) is 23.9 Å². The molecule has 2 heterocycles. The van der Waals surface area contributed by atoms with Crippen LogP contribution in [-0.4, -0.2) is 46.5 Å². The number of benzene rings is 1. The van der Waals surface area contributed by atoms with Crippen LogP contribution in [0, 0.1) is 12.7 Å². The lowest BCUT2D eigenvalue weighted by atomic mass is 10.1. The molecule has 0 spiro atoms. The second kappa shape index (κ2) is 7.10. The van der Waals surface area contributed by atoms with Crippen molar-refractivity contribution in [1.29, 1.82) is 0 Å². The van der Waals surface area contributed by atoms with Gasteiger partial charge >= 0.3 is 0 Å². The van der Waals surface area contributed by atoms with Gasteiger partial charge in [-0.3, -0.25) is 4.79 Å². The van der Waals surface area contributed by atoms with Gasteiger partial charge in [0, 0.05) is 13.5 Å². The number of rotatable bonds is 4. The van der Waals surface area contributed by atoms with Crippen LogP contribution in [0.5, 0.6) is 0 Å². The lowest BCUT2D eigenvalue weighted by Crippen LogP contribution is -2.43. The molecule has 0 radical (unpaired) electrons. The highest BCUT2D eigenvalue weighted by molar-refractivity contribution is 7.99. The van der Waals surface area contributed by atoms with Gasteiger partial charge in [0.15, 0.2) is 0 Å². The monoisotopic (exact) mass is 337 g/mol. The molecule has 2 aromatic rings. The van der Waals surface area contributed by atoms with Crippen molar-refractivity contribution in [2.75, 3.05) is 25.4 Å². The van der Waals surface area contributed by atoms with E-state index in [4.69, 9.17) is 9.15 Å². The average molecular weight is 337 g/mol. The quantitative estimate of drug-likeness (QED) is 0.797. The number of halogens is 1. The highest BCUT2D eigenvalue weighted by Crippen LogP contribution is 2.24. The number of thioether (sulfide) groups is 1. The third kappa shape index (κ3) is 4.08. The molecule has 1 aromatic carbocycles. The molecular formula is C15H16FN3O3S. The first-order valence-corrected chi connectivity index (χ1v) is 8.18. The Hall–Kier alpha value is -1.93. The maximum atomic E-state index is 13.0. The van der Waals surface area contributed by atoms with Gasteiger partial charge in [-0.2, -0.15) is 0 Å². The Balaban J connectivity index is 1.57. The van der Waals surface area contributed by atoms with E-state index in [-0.39, 0.29) is 23.6 Å². The predicted molar refractivity (Wildman–Crippen MR) is 81.4 cm³/mol. The number of carbonyl (C=O) groups excluding carboxylic acids is 1. The van der Waals surface area contributed by atoms with E-state index in [1.807, 2.05) is 0 Å². The molecule has 1 fully saturated rings. The van der Waals surface area contributed by atoms with E-state index >= 15 is 0 Å². The van der Waals surface area contributed by atoms with Crippen molar-refractivity contribution >= 4 is 17.7 Å². The van der Waals surface area contributed by atoms with Gasteiger partial charge in [0.25, 0.3) is 5.22 Å². The molecule has 0 aliphatic carbocycles. The number of aryl methyl sites for hydroxylation is 1. The van der Waals surface area contributed by atoms with E-state index in [0.717, 1.165) is 5.56 Å². The fourth-order valence-corrected chi connectivity index (χ4v) is 3.01. The van der Waals surface area contributed by atoms with Crippen LogP contribution in [0.2, 0.25) is 0 Å². The first kappa shape index (κ1) is 15.9. The molecule has 0 N–H and O–H groups in total. The maximum Gasteiger partial charge on any atom is 0.277 e. The van der Waals surface area contributed by atoms with Crippen molar-refractivity contribution in [2.24, 2.45) is 0 Å². The maximum absolute atomic E-state index is 13.0. The van der Waals surface area contributed by atoms with Crippen LogP contribution >= 0.6 is 11.8 Å². The van der Waals surface area contributed by atoms with Crippen molar-refractivity contribution in [3.63, 3.8) is 0 Å². The molecule has 1 aliphatic rings. The number of hydrogen-bond acceptors (Lipinski definition) is 6. The van der Waals surface area contributed by atoms with Crippen LogP contribution in [0.15, 0.2) is 33.9 Å². The molecule has 1 aromatic heterocycles. The summed E-state index contributed by atoms with van der Waals surface area (Å²) in [6.07, 6.45) is -0.232. The largest absolute Gasteiger partial charge is 0.416 e. The Morgan fingerprint density at radius 3 is 2.87 bits per heavy atom. The van der Waals surface area contributed by atoms with Crippen molar-refractivity contribution in [1.82, 2.24) is 15.1 Å². The summed E-state index contributed by atoms with van der Waals surface area (Å²) >= 11 is 1.22. The van der Waals surface area contributed by atoms with Gasteiger partial charge in [-0.15, -0.1) is 10.2 Å². The molecule has 1 saturated heterocycles. The first-order chi connectivity index (χ1) is 11.1. The van der Waals surface area contributed by atoms with Crippen LogP contribution in [0.1, 0.15) is 17.6 Å². The fourth-order valence-electron chi connectivity index (χ4n) is 2.31. The number of morpholine rings is 1. The van der Waals surface area contributed by atoms with E-state index < -0.39 is 0 Å². The minimum atomic E-state index is -0.288. The lowest BCUT2D eigenvalue weighted by molar-refractivity contribution is -0.136. The molecule has 0 saturated carbocycles. The van der Waals surface area contributed by atoms with Gasteiger partial charge in [-0.05, 0) is 17.7 Å². The van der Waals surface area contributed by atoms with E-state index in [0.29, 0.717) is 30.8 Å². The smallest absolute Gasteiger partial charge is 0.277 e. The highest BCUT2D eigenvalue weighted by Gasteiger charge is 2.25. The normalized spacial score (nSPS) is 18.2. The molecule has 1 aliphatic heterocycles. The summed E-state index contributed by atoms with van der Waals surface area (Å²) in [4.78, 5) is 14.1. The summed E-state index contributed by atoms with van der Waals surface area (Å²) in [7, 11) is 0. The Morgan fingerprint density at radius 2 is 2.17 bits per heavy atom. The molecule has 0 bridgehead atoms.